The quantitative estimate of drug-likeness (QED) is 0.176. The fourth-order valence-electron chi connectivity index (χ4n) is 8.82. The SMILES string of the molecule is CC1(C)CCC(C)(C)c2c1ccc1c2Oc2cc(N3c4ccccc4N(c4ccccc4)c4ccccc43)cc3c2B1c1ccccc1O3. The third-order valence-corrected chi connectivity index (χ3v) is 11.3. The lowest BCUT2D eigenvalue weighted by atomic mass is 9.34. The highest BCUT2D eigenvalue weighted by molar-refractivity contribution is 6.98. The lowest BCUT2D eigenvalue weighted by Gasteiger charge is -2.45. The number of ether oxygens (including phenoxy) is 2. The van der Waals surface area contributed by atoms with Crippen molar-refractivity contribution in [3.8, 4) is 23.0 Å². The number of fused-ring (bicyclic) bond motifs is 8. The number of rotatable bonds is 2. The molecule has 4 aliphatic rings. The highest BCUT2D eigenvalue weighted by Crippen LogP contribution is 2.56. The third-order valence-electron chi connectivity index (χ3n) is 11.3. The molecule has 0 saturated carbocycles. The molecule has 6 aromatic carbocycles. The highest BCUT2D eigenvalue weighted by Gasteiger charge is 2.46. The second kappa shape index (κ2) is 10.1. The zero-order valence-corrected chi connectivity index (χ0v) is 28.3. The summed E-state index contributed by atoms with van der Waals surface area (Å²) >= 11 is 0. The Labute approximate surface area is 288 Å². The van der Waals surface area contributed by atoms with E-state index < -0.39 is 0 Å². The summed E-state index contributed by atoms with van der Waals surface area (Å²) in [5.74, 6) is 3.65. The lowest BCUT2D eigenvalue weighted by molar-refractivity contribution is 0.320. The van der Waals surface area contributed by atoms with Crippen LogP contribution in [0.3, 0.4) is 0 Å². The van der Waals surface area contributed by atoms with Crippen LogP contribution < -0.4 is 35.7 Å². The summed E-state index contributed by atoms with van der Waals surface area (Å²) in [7, 11) is 0. The maximum absolute atomic E-state index is 7.25. The summed E-state index contributed by atoms with van der Waals surface area (Å²) < 4.78 is 14.1. The molecule has 238 valence electrons. The average Bonchev–Trinajstić information content (AvgIpc) is 3.12. The molecule has 5 heteroatoms. The van der Waals surface area contributed by atoms with E-state index in [0.717, 1.165) is 75.4 Å². The van der Waals surface area contributed by atoms with Gasteiger partial charge < -0.3 is 19.3 Å². The predicted octanol–water partition coefficient (Wildman–Crippen LogP) is 10.0. The molecule has 3 heterocycles. The van der Waals surface area contributed by atoms with Gasteiger partial charge in [0.05, 0.1) is 28.4 Å². The van der Waals surface area contributed by atoms with E-state index in [4.69, 9.17) is 9.47 Å². The fourth-order valence-corrected chi connectivity index (χ4v) is 8.82. The molecule has 0 bridgehead atoms. The van der Waals surface area contributed by atoms with Crippen molar-refractivity contribution in [3.05, 3.63) is 139 Å². The second-order valence-electron chi connectivity index (χ2n) is 15.2. The summed E-state index contributed by atoms with van der Waals surface area (Å²) in [6.45, 7) is 9.57. The smallest absolute Gasteiger partial charge is 0.260 e. The molecule has 0 fully saturated rings. The number of hydrogen-bond donors (Lipinski definition) is 0. The Morgan fingerprint density at radius 3 is 1.73 bits per heavy atom. The maximum atomic E-state index is 7.25. The molecule has 0 N–H and O–H groups in total. The van der Waals surface area contributed by atoms with Crippen molar-refractivity contribution in [1.29, 1.82) is 0 Å². The van der Waals surface area contributed by atoms with Gasteiger partial charge in [-0.3, -0.25) is 0 Å². The first kappa shape index (κ1) is 28.6. The molecule has 6 aromatic rings. The van der Waals surface area contributed by atoms with Crippen LogP contribution in [0.15, 0.2) is 127 Å². The van der Waals surface area contributed by atoms with Gasteiger partial charge in [0.25, 0.3) is 6.71 Å². The first-order chi connectivity index (χ1) is 23.8. The van der Waals surface area contributed by atoms with Crippen LogP contribution in [0.4, 0.5) is 34.1 Å². The zero-order chi connectivity index (χ0) is 33.1. The molecule has 0 spiro atoms. The first-order valence-corrected chi connectivity index (χ1v) is 17.4. The van der Waals surface area contributed by atoms with Crippen LogP contribution in [0.2, 0.25) is 0 Å². The number of anilines is 6. The van der Waals surface area contributed by atoms with Gasteiger partial charge in [0.2, 0.25) is 0 Å². The van der Waals surface area contributed by atoms with Crippen molar-refractivity contribution in [3.63, 3.8) is 0 Å². The van der Waals surface area contributed by atoms with Gasteiger partial charge in [-0.1, -0.05) is 100 Å². The van der Waals surface area contributed by atoms with Crippen LogP contribution in [0, 0.1) is 0 Å². The van der Waals surface area contributed by atoms with Crippen LogP contribution in [-0.4, -0.2) is 6.71 Å². The second-order valence-corrected chi connectivity index (χ2v) is 15.2. The highest BCUT2D eigenvalue weighted by atomic mass is 16.5. The monoisotopic (exact) mass is 636 g/mol. The minimum atomic E-state index is -0.00945. The molecular weight excluding hydrogens is 599 g/mol. The molecule has 0 saturated heterocycles. The van der Waals surface area contributed by atoms with Crippen molar-refractivity contribution >= 4 is 57.2 Å². The Balaban J connectivity index is 1.22. The third kappa shape index (κ3) is 4.05. The van der Waals surface area contributed by atoms with E-state index in [1.807, 2.05) is 0 Å². The molecular formula is C44H37BN2O2. The summed E-state index contributed by atoms with van der Waals surface area (Å²) in [6.07, 6.45) is 2.28. The Morgan fingerprint density at radius 2 is 1.06 bits per heavy atom. The minimum Gasteiger partial charge on any atom is -0.458 e. The van der Waals surface area contributed by atoms with Crippen molar-refractivity contribution in [2.24, 2.45) is 0 Å². The number of para-hydroxylation sites is 6. The Morgan fingerprint density at radius 1 is 0.510 bits per heavy atom. The van der Waals surface area contributed by atoms with Gasteiger partial charge in [-0.15, -0.1) is 0 Å². The van der Waals surface area contributed by atoms with Crippen molar-refractivity contribution in [1.82, 2.24) is 0 Å². The van der Waals surface area contributed by atoms with Crippen molar-refractivity contribution < 1.29 is 9.47 Å². The summed E-state index contributed by atoms with van der Waals surface area (Å²) in [4.78, 5) is 4.72. The summed E-state index contributed by atoms with van der Waals surface area (Å²) in [5, 5.41) is 0. The minimum absolute atomic E-state index is 0.00945. The molecule has 0 radical (unpaired) electrons. The number of hydrogen-bond acceptors (Lipinski definition) is 4. The van der Waals surface area contributed by atoms with Gasteiger partial charge in [0, 0.05) is 28.8 Å². The summed E-state index contributed by atoms with van der Waals surface area (Å²) in [6, 6.07) is 45.6. The Hall–Kier alpha value is -5.42. The van der Waals surface area contributed by atoms with E-state index in [-0.39, 0.29) is 17.5 Å². The van der Waals surface area contributed by atoms with E-state index in [1.54, 1.807) is 0 Å². The molecule has 0 unspecified atom stereocenters. The van der Waals surface area contributed by atoms with Gasteiger partial charge in [-0.05, 0) is 82.6 Å². The van der Waals surface area contributed by atoms with Crippen LogP contribution in [-0.2, 0) is 10.8 Å². The molecule has 4 nitrogen and oxygen atoms in total. The normalized spacial score (nSPS) is 16.9. The zero-order valence-electron chi connectivity index (χ0n) is 28.3. The van der Waals surface area contributed by atoms with E-state index in [2.05, 4.69) is 165 Å². The van der Waals surface area contributed by atoms with Gasteiger partial charge in [0.15, 0.2) is 0 Å². The van der Waals surface area contributed by atoms with Gasteiger partial charge >= 0.3 is 0 Å². The molecule has 1 aliphatic carbocycles. The van der Waals surface area contributed by atoms with Crippen LogP contribution in [0.5, 0.6) is 23.0 Å². The largest absolute Gasteiger partial charge is 0.458 e. The topological polar surface area (TPSA) is 24.9 Å². The predicted molar refractivity (Wildman–Crippen MR) is 202 cm³/mol. The van der Waals surface area contributed by atoms with Crippen molar-refractivity contribution in [2.45, 2.75) is 51.4 Å². The average molecular weight is 637 g/mol. The van der Waals surface area contributed by atoms with Crippen LogP contribution in [0.1, 0.15) is 51.7 Å². The standard InChI is InChI=1S/C44H37BN2O2/c1-43(2)24-25-44(3,4)40-30(43)22-23-32-42(40)49-39-27-29(26-38-41(39)45(32)31-16-8-13-21-37(31)48-38)47-35-19-11-9-17-33(35)46(28-14-6-5-7-15-28)34-18-10-12-20-36(34)47/h5-23,26-27H,24-25H2,1-4H3. The van der Waals surface area contributed by atoms with E-state index in [0.29, 0.717) is 0 Å². The molecule has 0 atom stereocenters. The first-order valence-electron chi connectivity index (χ1n) is 17.4. The van der Waals surface area contributed by atoms with E-state index >= 15 is 0 Å². The van der Waals surface area contributed by atoms with Gasteiger partial charge in [-0.2, -0.15) is 0 Å². The molecule has 0 aromatic heterocycles. The van der Waals surface area contributed by atoms with E-state index in [9.17, 15) is 0 Å². The van der Waals surface area contributed by atoms with Gasteiger partial charge in [-0.25, -0.2) is 0 Å². The number of nitrogens with zero attached hydrogens (tertiary/aromatic N) is 2. The Bertz CT molecular complexity index is 2280. The van der Waals surface area contributed by atoms with Crippen molar-refractivity contribution in [2.75, 3.05) is 9.80 Å². The van der Waals surface area contributed by atoms with Gasteiger partial charge in [0.1, 0.15) is 23.0 Å². The number of benzene rings is 6. The molecule has 49 heavy (non-hydrogen) atoms. The lowest BCUT2D eigenvalue weighted by Crippen LogP contribution is -2.58. The molecule has 0 amide bonds. The van der Waals surface area contributed by atoms with Crippen LogP contribution >= 0.6 is 0 Å². The Kier molecular flexibility index (Phi) is 5.86. The molecule has 10 rings (SSSR count). The maximum Gasteiger partial charge on any atom is 0.260 e. The van der Waals surface area contributed by atoms with E-state index in [1.165, 1.54) is 22.1 Å². The van der Waals surface area contributed by atoms with Crippen LogP contribution in [0.25, 0.3) is 0 Å². The fraction of sp³-hybridized carbons (Fsp3) is 0.182. The molecule has 3 aliphatic heterocycles. The summed E-state index contributed by atoms with van der Waals surface area (Å²) in [5.41, 5.74) is 12.9.